The number of amides is 3. The third-order valence-electron chi connectivity index (χ3n) is 4.88. The molecule has 2 aliphatic rings. The molecule has 3 amide bonds. The zero-order valence-corrected chi connectivity index (χ0v) is 14.0. The number of carbonyl (C=O) groups excluding carboxylic acids is 2. The summed E-state index contributed by atoms with van der Waals surface area (Å²) in [5.74, 6) is 0.108. The molecule has 5 nitrogen and oxygen atoms in total. The predicted octanol–water partition coefficient (Wildman–Crippen LogP) is 3.44. The van der Waals surface area contributed by atoms with Crippen LogP contribution in [-0.2, 0) is 23.1 Å². The van der Waals surface area contributed by atoms with Gasteiger partial charge >= 0.3 is 12.2 Å². The third kappa shape index (κ3) is 2.81. The van der Waals surface area contributed by atoms with Crippen LogP contribution in [0, 0.1) is 0 Å². The van der Waals surface area contributed by atoms with E-state index in [2.05, 4.69) is 5.32 Å². The second-order valence-corrected chi connectivity index (χ2v) is 6.52. The van der Waals surface area contributed by atoms with Crippen molar-refractivity contribution in [3.8, 4) is 5.75 Å². The maximum absolute atomic E-state index is 13.1. The Morgan fingerprint density at radius 1 is 1.07 bits per heavy atom. The Kier molecular flexibility index (Phi) is 3.87. The van der Waals surface area contributed by atoms with Gasteiger partial charge in [0, 0.05) is 12.0 Å². The van der Waals surface area contributed by atoms with Gasteiger partial charge in [-0.25, -0.2) is 4.79 Å². The number of fused-ring (bicyclic) bond motifs is 2. The maximum atomic E-state index is 13.1. The van der Waals surface area contributed by atoms with E-state index in [1.165, 1.54) is 12.1 Å². The molecule has 1 saturated heterocycles. The van der Waals surface area contributed by atoms with Gasteiger partial charge in [-0.3, -0.25) is 9.69 Å². The molecule has 1 fully saturated rings. The van der Waals surface area contributed by atoms with Crippen LogP contribution in [0.2, 0.25) is 0 Å². The fraction of sp³-hybridized carbons (Fsp3) is 0.263. The summed E-state index contributed by atoms with van der Waals surface area (Å²) in [4.78, 5) is 26.6. The SMILES string of the molecule is O=C1NC2(CCOc3ccccc32)C(=O)N1Cc1ccc(C(F)(F)F)cc1. The highest BCUT2D eigenvalue weighted by Crippen LogP contribution is 2.41. The molecular formula is C19H15F3N2O3. The lowest BCUT2D eigenvalue weighted by Gasteiger charge is -2.33. The molecule has 1 N–H and O–H groups in total. The quantitative estimate of drug-likeness (QED) is 0.817. The molecule has 2 aromatic carbocycles. The third-order valence-corrected chi connectivity index (χ3v) is 4.88. The van der Waals surface area contributed by atoms with Crippen molar-refractivity contribution in [2.75, 3.05) is 6.61 Å². The first-order valence-electron chi connectivity index (χ1n) is 8.34. The second-order valence-electron chi connectivity index (χ2n) is 6.52. The van der Waals surface area contributed by atoms with Gasteiger partial charge in [0.25, 0.3) is 5.91 Å². The first kappa shape index (κ1) is 17.4. The van der Waals surface area contributed by atoms with Crippen LogP contribution in [0.15, 0.2) is 48.5 Å². The molecule has 4 rings (SSSR count). The molecule has 0 saturated carbocycles. The predicted molar refractivity (Wildman–Crippen MR) is 88.8 cm³/mol. The molecule has 0 aromatic heterocycles. The number of carbonyl (C=O) groups is 2. The number of para-hydroxylation sites is 1. The summed E-state index contributed by atoms with van der Waals surface area (Å²) in [7, 11) is 0. The summed E-state index contributed by atoms with van der Waals surface area (Å²) < 4.78 is 43.6. The minimum atomic E-state index is -4.44. The van der Waals surface area contributed by atoms with Gasteiger partial charge in [-0.1, -0.05) is 30.3 Å². The van der Waals surface area contributed by atoms with E-state index in [9.17, 15) is 22.8 Å². The Balaban J connectivity index is 1.61. The van der Waals surface area contributed by atoms with Crippen LogP contribution in [0.25, 0.3) is 0 Å². The Labute approximate surface area is 152 Å². The summed E-state index contributed by atoms with van der Waals surface area (Å²) in [5.41, 5.74) is -0.954. The van der Waals surface area contributed by atoms with Crippen molar-refractivity contribution >= 4 is 11.9 Å². The molecule has 0 radical (unpaired) electrons. The average Bonchev–Trinajstić information content (AvgIpc) is 2.87. The van der Waals surface area contributed by atoms with E-state index in [1.807, 2.05) is 0 Å². The highest BCUT2D eigenvalue weighted by Gasteiger charge is 2.54. The largest absolute Gasteiger partial charge is 0.493 e. The smallest absolute Gasteiger partial charge is 0.416 e. The lowest BCUT2D eigenvalue weighted by atomic mass is 9.84. The van der Waals surface area contributed by atoms with Gasteiger partial charge in [0.05, 0.1) is 18.7 Å². The molecule has 0 aliphatic carbocycles. The van der Waals surface area contributed by atoms with E-state index < -0.39 is 29.2 Å². The molecule has 1 spiro atoms. The number of halogens is 3. The Hall–Kier alpha value is -3.03. The van der Waals surface area contributed by atoms with Gasteiger partial charge in [-0.2, -0.15) is 13.2 Å². The van der Waals surface area contributed by atoms with Crippen molar-refractivity contribution in [3.05, 3.63) is 65.2 Å². The van der Waals surface area contributed by atoms with Crippen LogP contribution < -0.4 is 10.1 Å². The van der Waals surface area contributed by atoms with E-state index in [1.54, 1.807) is 24.3 Å². The minimum Gasteiger partial charge on any atom is -0.493 e. The maximum Gasteiger partial charge on any atom is 0.416 e. The molecule has 2 aliphatic heterocycles. The molecule has 27 heavy (non-hydrogen) atoms. The van der Waals surface area contributed by atoms with Crippen molar-refractivity contribution in [3.63, 3.8) is 0 Å². The van der Waals surface area contributed by atoms with Crippen molar-refractivity contribution < 1.29 is 27.5 Å². The van der Waals surface area contributed by atoms with Crippen LogP contribution >= 0.6 is 0 Å². The molecule has 1 atom stereocenters. The van der Waals surface area contributed by atoms with Crippen LogP contribution in [0.4, 0.5) is 18.0 Å². The lowest BCUT2D eigenvalue weighted by Crippen LogP contribution is -2.47. The monoisotopic (exact) mass is 376 g/mol. The summed E-state index contributed by atoms with van der Waals surface area (Å²) >= 11 is 0. The van der Waals surface area contributed by atoms with Gasteiger partial charge in [0.15, 0.2) is 5.54 Å². The number of hydrogen-bond acceptors (Lipinski definition) is 3. The van der Waals surface area contributed by atoms with Crippen molar-refractivity contribution in [2.24, 2.45) is 0 Å². The standard InChI is InChI=1S/C19H15F3N2O3/c20-19(21,22)13-7-5-12(6-8-13)11-24-16(25)18(23-17(24)26)9-10-27-15-4-2-1-3-14(15)18/h1-8H,9-11H2,(H,23,26). The van der Waals surface area contributed by atoms with E-state index in [0.717, 1.165) is 17.0 Å². The van der Waals surface area contributed by atoms with Crippen molar-refractivity contribution in [1.29, 1.82) is 0 Å². The van der Waals surface area contributed by atoms with Crippen LogP contribution in [0.5, 0.6) is 5.75 Å². The van der Waals surface area contributed by atoms with Crippen molar-refractivity contribution in [2.45, 2.75) is 24.7 Å². The van der Waals surface area contributed by atoms with Crippen molar-refractivity contribution in [1.82, 2.24) is 10.2 Å². The zero-order chi connectivity index (χ0) is 19.2. The minimum absolute atomic E-state index is 0.104. The molecule has 1 unspecified atom stereocenters. The summed E-state index contributed by atoms with van der Waals surface area (Å²) in [5, 5.41) is 2.76. The first-order chi connectivity index (χ1) is 12.8. The van der Waals surface area contributed by atoms with E-state index >= 15 is 0 Å². The summed E-state index contributed by atoms with van der Waals surface area (Å²) in [6.45, 7) is 0.171. The molecular weight excluding hydrogens is 361 g/mol. The highest BCUT2D eigenvalue weighted by atomic mass is 19.4. The Morgan fingerprint density at radius 3 is 2.48 bits per heavy atom. The number of alkyl halides is 3. The van der Waals surface area contributed by atoms with E-state index in [0.29, 0.717) is 16.9 Å². The van der Waals surface area contributed by atoms with Gasteiger partial charge in [0.1, 0.15) is 5.75 Å². The summed E-state index contributed by atoms with van der Waals surface area (Å²) in [6.07, 6.45) is -4.15. The lowest BCUT2D eigenvalue weighted by molar-refractivity contribution is -0.137. The second kappa shape index (κ2) is 6.00. The number of nitrogens with zero attached hydrogens (tertiary/aromatic N) is 1. The number of ether oxygens (including phenoxy) is 1. The summed E-state index contributed by atoms with van der Waals surface area (Å²) in [6, 6.07) is 10.8. The zero-order valence-electron chi connectivity index (χ0n) is 14.0. The van der Waals surface area contributed by atoms with Crippen LogP contribution in [0.3, 0.4) is 0 Å². The highest BCUT2D eigenvalue weighted by molar-refractivity contribution is 6.07. The number of benzene rings is 2. The number of urea groups is 1. The number of imide groups is 1. The molecule has 140 valence electrons. The topological polar surface area (TPSA) is 58.6 Å². The fourth-order valence-corrected chi connectivity index (χ4v) is 3.50. The van der Waals surface area contributed by atoms with Crippen LogP contribution in [-0.4, -0.2) is 23.4 Å². The molecule has 0 bridgehead atoms. The van der Waals surface area contributed by atoms with E-state index in [4.69, 9.17) is 4.74 Å². The Bertz CT molecular complexity index is 911. The molecule has 2 aromatic rings. The number of rotatable bonds is 2. The first-order valence-corrected chi connectivity index (χ1v) is 8.34. The molecule has 8 heteroatoms. The Morgan fingerprint density at radius 2 is 1.78 bits per heavy atom. The molecule has 2 heterocycles. The van der Waals surface area contributed by atoms with Gasteiger partial charge in [0.2, 0.25) is 0 Å². The van der Waals surface area contributed by atoms with Gasteiger partial charge in [-0.05, 0) is 23.8 Å². The average molecular weight is 376 g/mol. The normalized spacial score (nSPS) is 21.8. The fourth-order valence-electron chi connectivity index (χ4n) is 3.50. The number of nitrogens with one attached hydrogen (secondary N) is 1. The van der Waals surface area contributed by atoms with Crippen LogP contribution in [0.1, 0.15) is 23.1 Å². The van der Waals surface area contributed by atoms with E-state index in [-0.39, 0.29) is 19.6 Å². The van der Waals surface area contributed by atoms with Gasteiger partial charge in [-0.15, -0.1) is 0 Å². The number of hydrogen-bond donors (Lipinski definition) is 1. The van der Waals surface area contributed by atoms with Gasteiger partial charge < -0.3 is 10.1 Å².